The van der Waals surface area contributed by atoms with E-state index in [2.05, 4.69) is 20.7 Å². The van der Waals surface area contributed by atoms with Gasteiger partial charge in [-0.3, -0.25) is 9.89 Å². The lowest BCUT2D eigenvalue weighted by atomic mass is 10.0. The van der Waals surface area contributed by atoms with Gasteiger partial charge in [0.25, 0.3) is 5.91 Å². The Labute approximate surface area is 212 Å². The zero-order valence-corrected chi connectivity index (χ0v) is 19.7. The van der Waals surface area contributed by atoms with Gasteiger partial charge in [0, 0.05) is 21.7 Å². The number of rotatable bonds is 7. The van der Waals surface area contributed by atoms with Crippen LogP contribution in [0.5, 0.6) is 11.5 Å². The molecule has 5 rings (SSSR count). The van der Waals surface area contributed by atoms with Crippen LogP contribution in [-0.2, 0) is 6.61 Å². The second-order valence-corrected chi connectivity index (χ2v) is 8.40. The van der Waals surface area contributed by atoms with Crippen molar-refractivity contribution < 1.29 is 14.6 Å². The summed E-state index contributed by atoms with van der Waals surface area (Å²) in [6.45, 7) is 0.335. The number of carbonyl (C=O) groups is 1. The molecule has 0 saturated heterocycles. The number of aromatic hydroxyl groups is 1. The number of phenols is 1. The molecule has 1 amide bonds. The van der Waals surface area contributed by atoms with Gasteiger partial charge < -0.3 is 9.84 Å². The quantitative estimate of drug-likeness (QED) is 0.192. The number of hydrazone groups is 1. The van der Waals surface area contributed by atoms with E-state index in [1.165, 1.54) is 6.21 Å². The highest BCUT2D eigenvalue weighted by molar-refractivity contribution is 6.31. The van der Waals surface area contributed by atoms with E-state index in [-0.39, 0.29) is 11.4 Å². The number of phenolic OH excluding ortho intramolecular Hbond substituents is 1. The van der Waals surface area contributed by atoms with Gasteiger partial charge in [-0.15, -0.1) is 0 Å². The fraction of sp³-hybridized carbons (Fsp3) is 0.0357. The van der Waals surface area contributed by atoms with Crippen LogP contribution in [-0.4, -0.2) is 27.4 Å². The number of ether oxygens (including phenoxy) is 1. The van der Waals surface area contributed by atoms with E-state index < -0.39 is 5.91 Å². The van der Waals surface area contributed by atoms with Crippen LogP contribution in [0.15, 0.2) is 96.1 Å². The number of benzene rings is 4. The summed E-state index contributed by atoms with van der Waals surface area (Å²) in [5.74, 6) is 0.268. The summed E-state index contributed by atoms with van der Waals surface area (Å²) in [5.41, 5.74) is 5.49. The third-order valence-corrected chi connectivity index (χ3v) is 5.98. The van der Waals surface area contributed by atoms with E-state index in [0.717, 1.165) is 21.9 Å². The minimum absolute atomic E-state index is 0.0761. The molecule has 0 aliphatic heterocycles. The number of halogens is 1. The van der Waals surface area contributed by atoms with Crippen molar-refractivity contribution >= 4 is 34.5 Å². The highest BCUT2D eigenvalue weighted by Gasteiger charge is 2.12. The number of aromatic nitrogens is 2. The predicted molar refractivity (Wildman–Crippen MR) is 140 cm³/mol. The molecule has 0 fully saturated rings. The van der Waals surface area contributed by atoms with Crippen LogP contribution in [0.25, 0.3) is 22.0 Å². The van der Waals surface area contributed by atoms with Gasteiger partial charge in [-0.2, -0.15) is 10.2 Å². The van der Waals surface area contributed by atoms with Crippen molar-refractivity contribution in [1.29, 1.82) is 0 Å². The molecule has 1 heterocycles. The maximum atomic E-state index is 12.6. The number of hydrogen-bond donors (Lipinski definition) is 3. The average Bonchev–Trinajstić information content (AvgIpc) is 3.40. The van der Waals surface area contributed by atoms with Gasteiger partial charge in [-0.05, 0) is 41.1 Å². The van der Waals surface area contributed by atoms with Crippen molar-refractivity contribution in [2.24, 2.45) is 5.10 Å². The summed E-state index contributed by atoms with van der Waals surface area (Å²) < 4.78 is 5.88. The first-order valence-electron chi connectivity index (χ1n) is 11.1. The number of H-pyrrole nitrogens is 1. The number of amides is 1. The van der Waals surface area contributed by atoms with Gasteiger partial charge in [-0.1, -0.05) is 72.3 Å². The Hall–Kier alpha value is -4.62. The Kier molecular flexibility index (Phi) is 6.64. The minimum Gasteiger partial charge on any atom is -0.507 e. The summed E-state index contributed by atoms with van der Waals surface area (Å²) in [7, 11) is 0. The predicted octanol–water partition coefficient (Wildman–Crippen LogP) is 5.93. The Morgan fingerprint density at radius 1 is 1.03 bits per heavy atom. The molecule has 5 aromatic rings. The molecule has 1 aromatic heterocycles. The topological polar surface area (TPSA) is 99.6 Å². The SMILES string of the molecule is O=C(N/N=C/c1c(O)ccc2ccccc12)c1cc(-c2cccc(OCc3ccccc3Cl)c2)n[nH]1. The highest BCUT2D eigenvalue weighted by atomic mass is 35.5. The van der Waals surface area contributed by atoms with E-state index in [0.29, 0.717) is 28.6 Å². The summed E-state index contributed by atoms with van der Waals surface area (Å²) in [5, 5.41) is 23.7. The van der Waals surface area contributed by atoms with Crippen LogP contribution in [0, 0.1) is 0 Å². The molecule has 36 heavy (non-hydrogen) atoms. The second kappa shape index (κ2) is 10.3. The monoisotopic (exact) mass is 496 g/mol. The normalized spacial score (nSPS) is 11.1. The van der Waals surface area contributed by atoms with E-state index in [9.17, 15) is 9.90 Å². The van der Waals surface area contributed by atoms with Crippen molar-refractivity contribution in [2.75, 3.05) is 0 Å². The maximum absolute atomic E-state index is 12.6. The van der Waals surface area contributed by atoms with Gasteiger partial charge in [-0.25, -0.2) is 5.43 Å². The Bertz CT molecular complexity index is 1580. The standard InChI is InChI=1S/C28H21ClN4O3/c29-24-11-4-2-7-20(24)17-36-21-9-5-8-19(14-21)25-15-26(32-31-25)28(35)33-30-16-23-22-10-3-1-6-18(22)12-13-27(23)34/h1-16,34H,17H2,(H,31,32)(H,33,35)/b30-16+. The van der Waals surface area contributed by atoms with Gasteiger partial charge in [0.05, 0.1) is 11.9 Å². The third-order valence-electron chi connectivity index (χ3n) is 5.61. The summed E-state index contributed by atoms with van der Waals surface area (Å²) in [6.07, 6.45) is 1.42. The van der Waals surface area contributed by atoms with Crippen LogP contribution in [0.2, 0.25) is 5.02 Å². The van der Waals surface area contributed by atoms with Crippen LogP contribution < -0.4 is 10.2 Å². The molecule has 178 valence electrons. The highest BCUT2D eigenvalue weighted by Crippen LogP contribution is 2.26. The lowest BCUT2D eigenvalue weighted by Crippen LogP contribution is -2.18. The first-order chi connectivity index (χ1) is 17.6. The minimum atomic E-state index is -0.462. The zero-order valence-electron chi connectivity index (χ0n) is 19.0. The molecule has 0 unspecified atom stereocenters. The van der Waals surface area contributed by atoms with E-state index in [4.69, 9.17) is 16.3 Å². The molecule has 7 nitrogen and oxygen atoms in total. The van der Waals surface area contributed by atoms with Crippen LogP contribution in [0.1, 0.15) is 21.6 Å². The maximum Gasteiger partial charge on any atom is 0.289 e. The van der Waals surface area contributed by atoms with Crippen molar-refractivity contribution in [3.8, 4) is 22.8 Å². The van der Waals surface area contributed by atoms with E-state index >= 15 is 0 Å². The van der Waals surface area contributed by atoms with Gasteiger partial charge >= 0.3 is 0 Å². The number of fused-ring (bicyclic) bond motifs is 1. The molecule has 4 aromatic carbocycles. The van der Waals surface area contributed by atoms with Crippen molar-refractivity contribution in [2.45, 2.75) is 6.61 Å². The molecule has 0 saturated carbocycles. The van der Waals surface area contributed by atoms with E-state index in [1.54, 1.807) is 12.1 Å². The Morgan fingerprint density at radius 3 is 2.75 bits per heavy atom. The second-order valence-electron chi connectivity index (χ2n) is 7.99. The fourth-order valence-electron chi connectivity index (χ4n) is 3.74. The Balaban J connectivity index is 1.26. The van der Waals surface area contributed by atoms with Gasteiger partial charge in [0.15, 0.2) is 0 Å². The number of hydrogen-bond acceptors (Lipinski definition) is 5. The van der Waals surface area contributed by atoms with E-state index in [1.807, 2.05) is 78.9 Å². The smallest absolute Gasteiger partial charge is 0.289 e. The molecular weight excluding hydrogens is 476 g/mol. The number of nitrogens with one attached hydrogen (secondary N) is 2. The van der Waals surface area contributed by atoms with Crippen LogP contribution >= 0.6 is 11.6 Å². The molecule has 0 spiro atoms. The summed E-state index contributed by atoms with van der Waals surface area (Å²) >= 11 is 6.20. The fourth-order valence-corrected chi connectivity index (χ4v) is 3.93. The first-order valence-corrected chi connectivity index (χ1v) is 11.5. The van der Waals surface area contributed by atoms with Gasteiger partial charge in [0.2, 0.25) is 0 Å². The molecule has 8 heteroatoms. The summed E-state index contributed by atoms with van der Waals surface area (Å²) in [4.78, 5) is 12.6. The third kappa shape index (κ3) is 5.06. The molecule has 0 bridgehead atoms. The average molecular weight is 497 g/mol. The molecule has 0 aliphatic carbocycles. The van der Waals surface area contributed by atoms with Crippen molar-refractivity contribution in [3.05, 3.63) is 113 Å². The summed E-state index contributed by atoms with van der Waals surface area (Å²) in [6, 6.07) is 27.6. The number of carbonyl (C=O) groups excluding carboxylic acids is 1. The first kappa shape index (κ1) is 23.1. The molecule has 3 N–H and O–H groups in total. The number of nitrogens with zero attached hydrogens (tertiary/aromatic N) is 2. The largest absolute Gasteiger partial charge is 0.507 e. The van der Waals surface area contributed by atoms with Gasteiger partial charge in [0.1, 0.15) is 23.8 Å². The zero-order chi connectivity index (χ0) is 24.9. The molecule has 0 aliphatic rings. The lowest BCUT2D eigenvalue weighted by Gasteiger charge is -2.08. The molecule has 0 radical (unpaired) electrons. The van der Waals surface area contributed by atoms with Crippen LogP contribution in [0.4, 0.5) is 0 Å². The number of aromatic amines is 1. The molecular formula is C28H21ClN4O3. The van der Waals surface area contributed by atoms with Crippen molar-refractivity contribution in [1.82, 2.24) is 15.6 Å². The lowest BCUT2D eigenvalue weighted by molar-refractivity contribution is 0.0950. The Morgan fingerprint density at radius 2 is 1.86 bits per heavy atom. The van der Waals surface area contributed by atoms with Crippen molar-refractivity contribution in [3.63, 3.8) is 0 Å². The van der Waals surface area contributed by atoms with Crippen LogP contribution in [0.3, 0.4) is 0 Å². The molecule has 0 atom stereocenters.